The van der Waals surface area contributed by atoms with Crippen LogP contribution in [0.2, 0.25) is 0 Å². The lowest BCUT2D eigenvalue weighted by molar-refractivity contribution is 0.0600. The van der Waals surface area contributed by atoms with Gasteiger partial charge in [-0.2, -0.15) is 12.6 Å². The molecular weight excluding hydrogens is 224 g/mol. The smallest absolute Gasteiger partial charge is 0.337 e. The highest BCUT2D eigenvalue weighted by molar-refractivity contribution is 7.80. The summed E-state index contributed by atoms with van der Waals surface area (Å²) in [4.78, 5) is 11.3. The predicted octanol–water partition coefficient (Wildman–Crippen LogP) is 2.42. The van der Waals surface area contributed by atoms with Crippen LogP contribution in [0.5, 0.6) is 5.75 Å². The summed E-state index contributed by atoms with van der Waals surface area (Å²) in [6.07, 6.45) is 3.74. The molecular formula is C12H14O3S. The summed E-state index contributed by atoms with van der Waals surface area (Å²) in [7, 11) is 2.95. The van der Waals surface area contributed by atoms with E-state index in [1.807, 2.05) is 12.2 Å². The first-order valence-corrected chi connectivity index (χ1v) is 5.40. The molecule has 0 aliphatic carbocycles. The second-order valence-electron chi connectivity index (χ2n) is 3.03. The molecule has 4 heteroatoms. The van der Waals surface area contributed by atoms with Crippen molar-refractivity contribution in [3.8, 4) is 5.75 Å². The molecule has 0 spiro atoms. The number of thiol groups is 1. The maximum Gasteiger partial charge on any atom is 0.337 e. The summed E-state index contributed by atoms with van der Waals surface area (Å²) in [6, 6.07) is 5.14. The average Bonchev–Trinajstić information content (AvgIpc) is 2.34. The Hall–Kier alpha value is -1.42. The maximum absolute atomic E-state index is 11.3. The van der Waals surface area contributed by atoms with E-state index < -0.39 is 0 Å². The maximum atomic E-state index is 11.3. The molecule has 0 radical (unpaired) electrons. The van der Waals surface area contributed by atoms with E-state index in [2.05, 4.69) is 17.4 Å². The molecule has 0 unspecified atom stereocenters. The van der Waals surface area contributed by atoms with Gasteiger partial charge in [-0.1, -0.05) is 12.2 Å². The van der Waals surface area contributed by atoms with Crippen molar-refractivity contribution in [3.05, 3.63) is 35.4 Å². The molecule has 0 amide bonds. The Morgan fingerprint density at radius 2 is 2.19 bits per heavy atom. The molecule has 0 heterocycles. The van der Waals surface area contributed by atoms with Gasteiger partial charge in [0.15, 0.2) is 0 Å². The number of carbonyl (C=O) groups is 1. The summed E-state index contributed by atoms with van der Waals surface area (Å²) in [5.41, 5.74) is 1.33. The monoisotopic (exact) mass is 238 g/mol. The Morgan fingerprint density at radius 1 is 1.44 bits per heavy atom. The van der Waals surface area contributed by atoms with Gasteiger partial charge in [0.25, 0.3) is 0 Å². The van der Waals surface area contributed by atoms with E-state index in [-0.39, 0.29) is 5.97 Å². The van der Waals surface area contributed by atoms with Gasteiger partial charge in [0.1, 0.15) is 5.75 Å². The fraction of sp³-hybridized carbons (Fsp3) is 0.250. The van der Waals surface area contributed by atoms with E-state index in [1.165, 1.54) is 7.11 Å². The second kappa shape index (κ2) is 6.23. The van der Waals surface area contributed by atoms with Gasteiger partial charge in [-0.25, -0.2) is 4.79 Å². The van der Waals surface area contributed by atoms with Crippen LogP contribution in [0.25, 0.3) is 6.08 Å². The molecule has 86 valence electrons. The molecule has 16 heavy (non-hydrogen) atoms. The summed E-state index contributed by atoms with van der Waals surface area (Å²) in [5.74, 6) is 0.986. The Morgan fingerprint density at radius 3 is 2.75 bits per heavy atom. The normalized spacial score (nSPS) is 10.4. The summed E-state index contributed by atoms with van der Waals surface area (Å²) >= 11 is 4.08. The topological polar surface area (TPSA) is 35.5 Å². The molecule has 0 fully saturated rings. The van der Waals surface area contributed by atoms with E-state index in [0.29, 0.717) is 17.1 Å². The standard InChI is InChI=1S/C12H14O3S/c1-14-11-6-5-10(12(13)15-2)8-9(11)4-3-7-16/h3-6,8,16H,7H2,1-2H3. The number of hydrogen-bond donors (Lipinski definition) is 1. The van der Waals surface area contributed by atoms with Gasteiger partial charge < -0.3 is 9.47 Å². The van der Waals surface area contributed by atoms with Crippen LogP contribution in [0, 0.1) is 0 Å². The molecule has 0 aromatic heterocycles. The van der Waals surface area contributed by atoms with Crippen LogP contribution in [0.1, 0.15) is 15.9 Å². The highest BCUT2D eigenvalue weighted by Crippen LogP contribution is 2.21. The quantitative estimate of drug-likeness (QED) is 0.646. The van der Waals surface area contributed by atoms with Gasteiger partial charge >= 0.3 is 5.97 Å². The van der Waals surface area contributed by atoms with Crippen molar-refractivity contribution in [2.45, 2.75) is 0 Å². The molecule has 0 saturated carbocycles. The molecule has 3 nitrogen and oxygen atoms in total. The third-order valence-corrected chi connectivity index (χ3v) is 2.26. The molecule has 0 bridgehead atoms. The average molecular weight is 238 g/mol. The number of esters is 1. The SMILES string of the molecule is COC(=O)c1ccc(OC)c(C=CCS)c1. The van der Waals surface area contributed by atoms with Crippen LogP contribution in [0.3, 0.4) is 0 Å². The number of hydrogen-bond acceptors (Lipinski definition) is 4. The van der Waals surface area contributed by atoms with E-state index in [1.54, 1.807) is 25.3 Å². The summed E-state index contributed by atoms with van der Waals surface area (Å²) in [5, 5.41) is 0. The van der Waals surface area contributed by atoms with Gasteiger partial charge in [-0.05, 0) is 18.2 Å². The summed E-state index contributed by atoms with van der Waals surface area (Å²) in [6.45, 7) is 0. The van der Waals surface area contributed by atoms with Crippen LogP contribution in [0.15, 0.2) is 24.3 Å². The number of methoxy groups -OCH3 is 2. The number of rotatable bonds is 4. The molecule has 0 atom stereocenters. The predicted molar refractivity (Wildman–Crippen MR) is 67.2 cm³/mol. The first-order valence-electron chi connectivity index (χ1n) is 4.76. The Kier molecular flexibility index (Phi) is 4.92. The first-order chi connectivity index (χ1) is 7.72. The third kappa shape index (κ3) is 3.03. The van der Waals surface area contributed by atoms with Gasteiger partial charge in [0, 0.05) is 11.3 Å². The molecule has 1 rings (SSSR count). The van der Waals surface area contributed by atoms with Gasteiger partial charge in [0.2, 0.25) is 0 Å². The van der Waals surface area contributed by atoms with Crippen molar-refractivity contribution >= 4 is 24.7 Å². The highest BCUT2D eigenvalue weighted by atomic mass is 32.1. The number of benzene rings is 1. The lowest BCUT2D eigenvalue weighted by Gasteiger charge is -2.06. The van der Waals surface area contributed by atoms with Crippen molar-refractivity contribution in [2.75, 3.05) is 20.0 Å². The first kappa shape index (κ1) is 12.6. The van der Waals surface area contributed by atoms with Crippen LogP contribution in [-0.2, 0) is 4.74 Å². The highest BCUT2D eigenvalue weighted by Gasteiger charge is 2.08. The third-order valence-electron chi connectivity index (χ3n) is 2.05. The van der Waals surface area contributed by atoms with Gasteiger partial charge in [0.05, 0.1) is 19.8 Å². The zero-order chi connectivity index (χ0) is 12.0. The van der Waals surface area contributed by atoms with Crippen molar-refractivity contribution in [1.82, 2.24) is 0 Å². The minimum Gasteiger partial charge on any atom is -0.496 e. The lowest BCUT2D eigenvalue weighted by atomic mass is 10.1. The Balaban J connectivity index is 3.10. The Bertz CT molecular complexity index is 399. The molecule has 0 saturated heterocycles. The van der Waals surface area contributed by atoms with Crippen molar-refractivity contribution in [1.29, 1.82) is 0 Å². The van der Waals surface area contributed by atoms with Crippen molar-refractivity contribution in [3.63, 3.8) is 0 Å². The second-order valence-corrected chi connectivity index (χ2v) is 3.40. The fourth-order valence-electron chi connectivity index (χ4n) is 1.29. The van der Waals surface area contributed by atoms with E-state index in [0.717, 1.165) is 5.56 Å². The zero-order valence-electron chi connectivity index (χ0n) is 9.27. The van der Waals surface area contributed by atoms with Gasteiger partial charge in [-0.3, -0.25) is 0 Å². The summed E-state index contributed by atoms with van der Waals surface area (Å²) < 4.78 is 9.83. The molecule has 0 aliphatic heterocycles. The lowest BCUT2D eigenvalue weighted by Crippen LogP contribution is -2.01. The van der Waals surface area contributed by atoms with Gasteiger partial charge in [-0.15, -0.1) is 0 Å². The minimum atomic E-state index is -0.358. The number of ether oxygens (including phenoxy) is 2. The number of carbonyl (C=O) groups excluding carboxylic acids is 1. The van der Waals surface area contributed by atoms with Crippen LogP contribution in [-0.4, -0.2) is 25.9 Å². The van der Waals surface area contributed by atoms with Crippen molar-refractivity contribution < 1.29 is 14.3 Å². The largest absolute Gasteiger partial charge is 0.496 e. The van der Waals surface area contributed by atoms with Crippen LogP contribution < -0.4 is 4.74 Å². The Labute approximate surface area is 100 Å². The minimum absolute atomic E-state index is 0.358. The molecule has 0 N–H and O–H groups in total. The zero-order valence-corrected chi connectivity index (χ0v) is 10.2. The van der Waals surface area contributed by atoms with E-state index >= 15 is 0 Å². The van der Waals surface area contributed by atoms with E-state index in [4.69, 9.17) is 4.74 Å². The molecule has 1 aromatic carbocycles. The fourth-order valence-corrected chi connectivity index (χ4v) is 1.39. The van der Waals surface area contributed by atoms with Crippen molar-refractivity contribution in [2.24, 2.45) is 0 Å². The molecule has 1 aromatic rings. The van der Waals surface area contributed by atoms with Crippen LogP contribution in [0.4, 0.5) is 0 Å². The van der Waals surface area contributed by atoms with E-state index in [9.17, 15) is 4.79 Å². The van der Waals surface area contributed by atoms with Crippen LogP contribution >= 0.6 is 12.6 Å². The molecule has 0 aliphatic rings.